The summed E-state index contributed by atoms with van der Waals surface area (Å²) in [6.45, 7) is 7.71. The highest BCUT2D eigenvalue weighted by molar-refractivity contribution is 5.93. The topological polar surface area (TPSA) is 76.5 Å². The fourth-order valence-corrected chi connectivity index (χ4v) is 3.25. The molecule has 7 nitrogen and oxygen atoms in total. The van der Waals surface area contributed by atoms with E-state index in [1.54, 1.807) is 24.3 Å². The molecule has 1 aliphatic rings. The smallest absolute Gasteiger partial charge is 0.407 e. The molecule has 1 aromatic carbocycles. The molecule has 0 aliphatic carbocycles. The van der Waals surface area contributed by atoms with E-state index in [2.05, 4.69) is 10.3 Å². The van der Waals surface area contributed by atoms with Gasteiger partial charge in [0.15, 0.2) is 0 Å². The average molecular weight is 356 g/mol. The number of nitrogens with one attached hydrogen (secondary N) is 1. The van der Waals surface area contributed by atoms with Crippen molar-refractivity contribution >= 4 is 17.7 Å². The SMILES string of the molecule is CC(=O)N1CCC(NC(=O)OC(C)C)c2cc(-n3cncc3C)ccc21. The third-order valence-electron chi connectivity index (χ3n) is 4.44. The van der Waals surface area contributed by atoms with Crippen LogP contribution in [0.15, 0.2) is 30.7 Å². The minimum absolute atomic E-state index is 0.0129. The third-order valence-corrected chi connectivity index (χ3v) is 4.44. The lowest BCUT2D eigenvalue weighted by Crippen LogP contribution is -2.40. The standard InChI is InChI=1S/C19H24N4O3/c1-12(2)26-19(25)21-17-7-8-22(14(4)24)18-6-5-15(9-16(17)18)23-11-20-10-13(23)3/h5-6,9-12,17H,7-8H2,1-4H3,(H,21,25). The van der Waals surface area contributed by atoms with Crippen molar-refractivity contribution in [3.8, 4) is 5.69 Å². The van der Waals surface area contributed by atoms with E-state index >= 15 is 0 Å². The number of imidazole rings is 1. The number of nitrogens with zero attached hydrogens (tertiary/aromatic N) is 3. The molecule has 0 radical (unpaired) electrons. The van der Waals surface area contributed by atoms with Crippen LogP contribution in [0.25, 0.3) is 5.69 Å². The molecule has 0 saturated carbocycles. The second-order valence-corrected chi connectivity index (χ2v) is 6.76. The van der Waals surface area contributed by atoms with Gasteiger partial charge in [0.25, 0.3) is 0 Å². The molecule has 1 atom stereocenters. The van der Waals surface area contributed by atoms with Gasteiger partial charge in [0.1, 0.15) is 0 Å². The van der Waals surface area contributed by atoms with Gasteiger partial charge in [-0.2, -0.15) is 0 Å². The zero-order valence-electron chi connectivity index (χ0n) is 15.5. The van der Waals surface area contributed by atoms with E-state index in [9.17, 15) is 9.59 Å². The van der Waals surface area contributed by atoms with Gasteiger partial charge in [-0.25, -0.2) is 9.78 Å². The van der Waals surface area contributed by atoms with Crippen LogP contribution in [-0.4, -0.2) is 34.2 Å². The summed E-state index contributed by atoms with van der Waals surface area (Å²) >= 11 is 0. The van der Waals surface area contributed by atoms with Gasteiger partial charge < -0.3 is 19.5 Å². The summed E-state index contributed by atoms with van der Waals surface area (Å²) in [5.74, 6) is -0.0129. The van der Waals surface area contributed by atoms with E-state index in [1.807, 2.05) is 43.5 Å². The minimum Gasteiger partial charge on any atom is -0.447 e. The fraction of sp³-hybridized carbons (Fsp3) is 0.421. The van der Waals surface area contributed by atoms with E-state index in [-0.39, 0.29) is 18.1 Å². The molecule has 1 N–H and O–H groups in total. The number of benzene rings is 1. The maximum absolute atomic E-state index is 12.1. The average Bonchev–Trinajstić information content (AvgIpc) is 2.99. The van der Waals surface area contributed by atoms with Gasteiger partial charge in [0.05, 0.1) is 18.5 Å². The number of anilines is 1. The second kappa shape index (κ2) is 7.19. The maximum atomic E-state index is 12.1. The number of hydrogen-bond acceptors (Lipinski definition) is 4. The highest BCUT2D eigenvalue weighted by atomic mass is 16.6. The Balaban J connectivity index is 1.98. The number of alkyl carbamates (subject to hydrolysis) is 1. The van der Waals surface area contributed by atoms with Crippen LogP contribution >= 0.6 is 0 Å². The highest BCUT2D eigenvalue weighted by Gasteiger charge is 2.29. The van der Waals surface area contributed by atoms with Crippen molar-refractivity contribution in [1.82, 2.24) is 14.9 Å². The van der Waals surface area contributed by atoms with Crippen molar-refractivity contribution in [3.63, 3.8) is 0 Å². The summed E-state index contributed by atoms with van der Waals surface area (Å²) in [5, 5.41) is 2.93. The second-order valence-electron chi connectivity index (χ2n) is 6.76. The lowest BCUT2D eigenvalue weighted by Gasteiger charge is -2.34. The lowest BCUT2D eigenvalue weighted by molar-refractivity contribution is -0.116. The Bertz CT molecular complexity index is 828. The molecule has 2 heterocycles. The number of aryl methyl sites for hydroxylation is 1. The van der Waals surface area contributed by atoms with Gasteiger partial charge in [-0.15, -0.1) is 0 Å². The van der Waals surface area contributed by atoms with Crippen LogP contribution in [0, 0.1) is 6.92 Å². The number of amides is 2. The molecular formula is C19H24N4O3. The van der Waals surface area contributed by atoms with Crippen molar-refractivity contribution in [2.45, 2.75) is 46.3 Å². The summed E-state index contributed by atoms with van der Waals surface area (Å²) in [4.78, 5) is 30.0. The summed E-state index contributed by atoms with van der Waals surface area (Å²) in [5.41, 5.74) is 3.67. The third kappa shape index (κ3) is 3.56. The van der Waals surface area contributed by atoms with Crippen LogP contribution in [0.2, 0.25) is 0 Å². The van der Waals surface area contributed by atoms with E-state index in [1.165, 1.54) is 0 Å². The Kier molecular flexibility index (Phi) is 4.97. The zero-order chi connectivity index (χ0) is 18.8. The predicted octanol–water partition coefficient (Wildman–Crippen LogP) is 3.11. The maximum Gasteiger partial charge on any atom is 0.407 e. The van der Waals surface area contributed by atoms with Crippen LogP contribution in [0.3, 0.4) is 0 Å². The molecule has 1 unspecified atom stereocenters. The van der Waals surface area contributed by atoms with Crippen LogP contribution < -0.4 is 10.2 Å². The van der Waals surface area contributed by atoms with Gasteiger partial charge >= 0.3 is 6.09 Å². The van der Waals surface area contributed by atoms with Crippen molar-refractivity contribution in [2.75, 3.05) is 11.4 Å². The molecule has 138 valence electrons. The molecule has 3 rings (SSSR count). The van der Waals surface area contributed by atoms with Gasteiger partial charge in [-0.05, 0) is 45.4 Å². The van der Waals surface area contributed by atoms with Crippen molar-refractivity contribution in [1.29, 1.82) is 0 Å². The van der Waals surface area contributed by atoms with E-state index in [0.29, 0.717) is 13.0 Å². The number of rotatable bonds is 3. The Morgan fingerprint density at radius 3 is 2.73 bits per heavy atom. The summed E-state index contributed by atoms with van der Waals surface area (Å²) < 4.78 is 7.19. The molecule has 0 fully saturated rings. The largest absolute Gasteiger partial charge is 0.447 e. The number of hydrogen-bond donors (Lipinski definition) is 1. The lowest BCUT2D eigenvalue weighted by atomic mass is 9.95. The van der Waals surface area contributed by atoms with E-state index in [0.717, 1.165) is 22.6 Å². The van der Waals surface area contributed by atoms with Crippen molar-refractivity contribution in [3.05, 3.63) is 42.0 Å². The highest BCUT2D eigenvalue weighted by Crippen LogP contribution is 2.35. The molecule has 2 amide bonds. The number of carbonyl (C=O) groups excluding carboxylic acids is 2. The molecule has 0 bridgehead atoms. The van der Waals surface area contributed by atoms with Crippen LogP contribution in [0.5, 0.6) is 0 Å². The van der Waals surface area contributed by atoms with E-state index < -0.39 is 6.09 Å². The summed E-state index contributed by atoms with van der Waals surface area (Å²) in [6, 6.07) is 5.67. The zero-order valence-corrected chi connectivity index (χ0v) is 15.5. The molecule has 1 aromatic heterocycles. The Morgan fingerprint density at radius 1 is 1.35 bits per heavy atom. The first-order valence-corrected chi connectivity index (χ1v) is 8.75. The number of aromatic nitrogens is 2. The quantitative estimate of drug-likeness (QED) is 0.917. The first kappa shape index (κ1) is 18.0. The molecule has 26 heavy (non-hydrogen) atoms. The first-order valence-electron chi connectivity index (χ1n) is 8.75. The fourth-order valence-electron chi connectivity index (χ4n) is 3.25. The molecule has 7 heteroatoms. The molecular weight excluding hydrogens is 332 g/mol. The summed E-state index contributed by atoms with van der Waals surface area (Å²) in [7, 11) is 0. The Hall–Kier alpha value is -2.83. The van der Waals surface area contributed by atoms with Crippen LogP contribution in [-0.2, 0) is 9.53 Å². The number of carbonyl (C=O) groups is 2. The van der Waals surface area contributed by atoms with Crippen molar-refractivity contribution in [2.24, 2.45) is 0 Å². The van der Waals surface area contributed by atoms with Crippen molar-refractivity contribution < 1.29 is 14.3 Å². The van der Waals surface area contributed by atoms with Gasteiger partial charge in [-0.3, -0.25) is 4.79 Å². The first-order chi connectivity index (χ1) is 12.4. The van der Waals surface area contributed by atoms with Gasteiger partial charge in [-0.1, -0.05) is 0 Å². The van der Waals surface area contributed by atoms with Gasteiger partial charge in [0.2, 0.25) is 5.91 Å². The summed E-state index contributed by atoms with van der Waals surface area (Å²) in [6.07, 6.45) is 3.53. The van der Waals surface area contributed by atoms with E-state index in [4.69, 9.17) is 4.74 Å². The van der Waals surface area contributed by atoms with Crippen LogP contribution in [0.1, 0.15) is 44.5 Å². The molecule has 1 aliphatic heterocycles. The molecule has 0 spiro atoms. The minimum atomic E-state index is -0.448. The molecule has 2 aromatic rings. The van der Waals surface area contributed by atoms with Gasteiger partial charge in [0, 0.05) is 42.3 Å². The molecule has 0 saturated heterocycles. The number of fused-ring (bicyclic) bond motifs is 1. The van der Waals surface area contributed by atoms with Crippen LogP contribution in [0.4, 0.5) is 10.5 Å². The monoisotopic (exact) mass is 356 g/mol. The number of ether oxygens (including phenoxy) is 1. The Morgan fingerprint density at radius 2 is 2.12 bits per heavy atom. The Labute approximate surface area is 153 Å². The predicted molar refractivity (Wildman–Crippen MR) is 98.4 cm³/mol. The normalized spacial score (nSPS) is 16.3.